The Morgan fingerprint density at radius 2 is 1.91 bits per heavy atom. The minimum atomic E-state index is -4.05. The molecule has 1 heterocycles. The highest BCUT2D eigenvalue weighted by molar-refractivity contribution is 8.00. The van der Waals surface area contributed by atoms with Crippen LogP contribution in [0.4, 0.5) is 13.2 Å². The molecule has 0 radical (unpaired) electrons. The lowest BCUT2D eigenvalue weighted by Gasteiger charge is -2.26. The van der Waals surface area contributed by atoms with Crippen LogP contribution in [-0.4, -0.2) is 24.4 Å². The normalized spacial score (nSPS) is 18.8. The molecule has 1 N–H and O–H groups in total. The maximum absolute atomic E-state index is 11.5. The van der Waals surface area contributed by atoms with Gasteiger partial charge in [0.2, 0.25) is 0 Å². The van der Waals surface area contributed by atoms with Crippen molar-refractivity contribution in [3.63, 3.8) is 0 Å². The lowest BCUT2D eigenvalue weighted by atomic mass is 10.1. The molecule has 0 saturated carbocycles. The van der Waals surface area contributed by atoms with Gasteiger partial charge in [-0.15, -0.1) is 12.4 Å². The Morgan fingerprint density at radius 3 is 2.18 bits per heavy atom. The van der Waals surface area contributed by atoms with Crippen molar-refractivity contribution in [3.05, 3.63) is 0 Å². The average Bonchev–Trinajstić information content (AvgIpc) is 1.56. The molecule has 1 aliphatic heterocycles. The topological polar surface area (TPSA) is 12.0 Å². The third kappa shape index (κ3) is 4.76. The molecule has 0 atom stereocenters. The minimum Gasteiger partial charge on any atom is -0.316 e. The Hall–Kier alpha value is 0.390. The second-order valence-corrected chi connectivity index (χ2v) is 3.37. The SMILES string of the molecule is Cl.FC(F)(F)SCC1CNC1. The van der Waals surface area contributed by atoms with Gasteiger partial charge in [0.05, 0.1) is 0 Å². The van der Waals surface area contributed by atoms with Crippen LogP contribution in [-0.2, 0) is 0 Å². The first kappa shape index (κ1) is 11.4. The van der Waals surface area contributed by atoms with Gasteiger partial charge in [-0.25, -0.2) is 0 Å². The van der Waals surface area contributed by atoms with E-state index in [-0.39, 0.29) is 35.8 Å². The van der Waals surface area contributed by atoms with E-state index in [2.05, 4.69) is 5.32 Å². The third-order valence-corrected chi connectivity index (χ3v) is 2.31. The molecular formula is C5H9ClF3NS. The summed E-state index contributed by atoms with van der Waals surface area (Å²) in [5.74, 6) is 0.433. The van der Waals surface area contributed by atoms with Crippen molar-refractivity contribution in [1.82, 2.24) is 5.32 Å². The summed E-state index contributed by atoms with van der Waals surface area (Å²) >= 11 is 0.0775. The van der Waals surface area contributed by atoms with Crippen LogP contribution in [0.25, 0.3) is 0 Å². The fraction of sp³-hybridized carbons (Fsp3) is 1.00. The maximum Gasteiger partial charge on any atom is 0.441 e. The molecule has 1 rings (SSSR count). The Balaban J connectivity index is 0.000001000. The number of halogens is 4. The average molecular weight is 208 g/mol. The fourth-order valence-electron chi connectivity index (χ4n) is 0.679. The van der Waals surface area contributed by atoms with E-state index < -0.39 is 5.51 Å². The van der Waals surface area contributed by atoms with Crippen LogP contribution in [0.1, 0.15) is 0 Å². The summed E-state index contributed by atoms with van der Waals surface area (Å²) in [6.07, 6.45) is 0. The summed E-state index contributed by atoms with van der Waals surface area (Å²) in [5, 5.41) is 2.92. The number of hydrogen-bond acceptors (Lipinski definition) is 2. The second-order valence-electron chi connectivity index (χ2n) is 2.28. The summed E-state index contributed by atoms with van der Waals surface area (Å²) in [4.78, 5) is 0. The van der Waals surface area contributed by atoms with Gasteiger partial charge in [0.1, 0.15) is 0 Å². The van der Waals surface area contributed by atoms with Gasteiger partial charge in [-0.3, -0.25) is 0 Å². The number of nitrogens with one attached hydrogen (secondary N) is 1. The molecule has 0 aromatic heterocycles. The summed E-state index contributed by atoms with van der Waals surface area (Å²) in [6.45, 7) is 1.48. The number of alkyl halides is 3. The van der Waals surface area contributed by atoms with Gasteiger partial charge in [-0.1, -0.05) is 11.8 Å². The van der Waals surface area contributed by atoms with Crippen molar-refractivity contribution in [2.24, 2.45) is 5.92 Å². The first-order chi connectivity index (χ1) is 4.58. The summed E-state index contributed by atoms with van der Waals surface area (Å²) < 4.78 is 34.6. The van der Waals surface area contributed by atoms with E-state index in [0.717, 1.165) is 13.1 Å². The van der Waals surface area contributed by atoms with Gasteiger partial charge >= 0.3 is 5.51 Å². The quantitative estimate of drug-likeness (QED) is 0.742. The molecule has 0 spiro atoms. The number of rotatable bonds is 2. The smallest absolute Gasteiger partial charge is 0.316 e. The summed E-state index contributed by atoms with van der Waals surface area (Å²) in [5.41, 5.74) is -4.05. The van der Waals surface area contributed by atoms with E-state index in [0.29, 0.717) is 0 Å². The highest BCUT2D eigenvalue weighted by Gasteiger charge is 2.30. The Morgan fingerprint density at radius 1 is 1.36 bits per heavy atom. The second kappa shape index (κ2) is 4.42. The van der Waals surface area contributed by atoms with Crippen LogP contribution in [0.15, 0.2) is 0 Å². The highest BCUT2D eigenvalue weighted by atomic mass is 35.5. The molecule has 0 aromatic carbocycles. The highest BCUT2D eigenvalue weighted by Crippen LogP contribution is 2.32. The third-order valence-electron chi connectivity index (χ3n) is 1.35. The molecule has 0 unspecified atom stereocenters. The van der Waals surface area contributed by atoms with Crippen molar-refractivity contribution in [1.29, 1.82) is 0 Å². The van der Waals surface area contributed by atoms with E-state index in [1.807, 2.05) is 0 Å². The molecule has 0 aromatic rings. The van der Waals surface area contributed by atoms with Gasteiger partial charge in [0.15, 0.2) is 0 Å². The molecule has 6 heteroatoms. The number of thioether (sulfide) groups is 1. The zero-order valence-electron chi connectivity index (χ0n) is 5.65. The first-order valence-corrected chi connectivity index (χ1v) is 3.98. The van der Waals surface area contributed by atoms with Crippen LogP contribution in [0.2, 0.25) is 0 Å². The molecule has 1 fully saturated rings. The van der Waals surface area contributed by atoms with Crippen LogP contribution >= 0.6 is 24.2 Å². The Bertz CT molecular complexity index is 115. The van der Waals surface area contributed by atoms with Crippen molar-refractivity contribution in [3.8, 4) is 0 Å². The van der Waals surface area contributed by atoms with Crippen LogP contribution in [0.3, 0.4) is 0 Å². The molecule has 1 saturated heterocycles. The zero-order chi connectivity index (χ0) is 7.61. The predicted molar refractivity (Wildman–Crippen MR) is 42.1 cm³/mol. The fourth-order valence-corrected chi connectivity index (χ4v) is 1.34. The Kier molecular flexibility index (Phi) is 4.58. The largest absolute Gasteiger partial charge is 0.441 e. The van der Waals surface area contributed by atoms with Crippen molar-refractivity contribution >= 4 is 24.2 Å². The van der Waals surface area contributed by atoms with E-state index in [1.54, 1.807) is 0 Å². The first-order valence-electron chi connectivity index (χ1n) is 2.99. The van der Waals surface area contributed by atoms with E-state index in [9.17, 15) is 13.2 Å². The van der Waals surface area contributed by atoms with E-state index in [1.165, 1.54) is 0 Å². The molecular weight excluding hydrogens is 199 g/mol. The van der Waals surface area contributed by atoms with Gasteiger partial charge in [0.25, 0.3) is 0 Å². The van der Waals surface area contributed by atoms with Crippen LogP contribution in [0.5, 0.6) is 0 Å². The van der Waals surface area contributed by atoms with Crippen molar-refractivity contribution in [2.75, 3.05) is 18.8 Å². The molecule has 1 nitrogen and oxygen atoms in total. The van der Waals surface area contributed by atoms with Gasteiger partial charge in [-0.05, 0) is 19.0 Å². The monoisotopic (exact) mass is 207 g/mol. The van der Waals surface area contributed by atoms with Crippen molar-refractivity contribution in [2.45, 2.75) is 5.51 Å². The summed E-state index contributed by atoms with van der Waals surface area (Å²) in [7, 11) is 0. The van der Waals surface area contributed by atoms with Crippen molar-refractivity contribution < 1.29 is 13.2 Å². The molecule has 1 aliphatic rings. The zero-order valence-corrected chi connectivity index (χ0v) is 7.28. The maximum atomic E-state index is 11.5. The summed E-state index contributed by atoms with van der Waals surface area (Å²) in [6, 6.07) is 0. The Labute approximate surface area is 73.5 Å². The number of hydrogen-bond donors (Lipinski definition) is 1. The van der Waals surface area contributed by atoms with Crippen LogP contribution < -0.4 is 5.32 Å². The molecule has 0 bridgehead atoms. The molecule has 0 amide bonds. The minimum absolute atomic E-state index is 0. The lowest BCUT2D eigenvalue weighted by molar-refractivity contribution is -0.0330. The molecule has 68 valence electrons. The lowest BCUT2D eigenvalue weighted by Crippen LogP contribution is -2.43. The van der Waals surface area contributed by atoms with Crippen LogP contribution in [0, 0.1) is 5.92 Å². The predicted octanol–water partition coefficient (Wildman–Crippen LogP) is 1.88. The van der Waals surface area contributed by atoms with Gasteiger partial charge in [0, 0.05) is 5.75 Å². The van der Waals surface area contributed by atoms with E-state index >= 15 is 0 Å². The molecule has 11 heavy (non-hydrogen) atoms. The van der Waals surface area contributed by atoms with Gasteiger partial charge < -0.3 is 5.32 Å². The standard InChI is InChI=1S/C5H8F3NS.ClH/c6-5(7,8)10-3-4-1-9-2-4;/h4,9H,1-3H2;1H. The molecule has 0 aliphatic carbocycles. The van der Waals surface area contributed by atoms with Gasteiger partial charge in [-0.2, -0.15) is 13.2 Å². The van der Waals surface area contributed by atoms with E-state index in [4.69, 9.17) is 0 Å².